The Balaban J connectivity index is 1.56. The minimum Gasteiger partial charge on any atom is -0.567 e. The van der Waals surface area contributed by atoms with E-state index < -0.39 is 0 Å². The second-order valence-corrected chi connectivity index (χ2v) is 9.89. The molecule has 0 bridgehead atoms. The summed E-state index contributed by atoms with van der Waals surface area (Å²) in [5.41, 5.74) is 13.4. The molecule has 1 aliphatic rings. The minimum absolute atomic E-state index is 0.0147. The maximum Gasteiger partial charge on any atom is 0.322 e. The molecule has 0 aliphatic heterocycles. The third kappa shape index (κ3) is 3.66. The summed E-state index contributed by atoms with van der Waals surface area (Å²) in [6, 6.07) is 26.3. The minimum atomic E-state index is -0.0147. The van der Waals surface area contributed by atoms with Crippen LogP contribution in [0.5, 0.6) is 5.75 Å². The first kappa shape index (κ1) is 22.2. The summed E-state index contributed by atoms with van der Waals surface area (Å²) >= 11 is 0. The standard InChI is InChI=1S/C31H30BNO/c1-19-14-20(2)30(21(3)15-19)33-18-24-16-22(11-13-29(24)34-32)23-10-12-26-25-8-6-7-9-27(25)31(4,5)28(26)17-23/h6-18H,32H2,1-5H3/b33-18+. The SMILES string of the molecule is BOc1ccc(-c2ccc3c(c2)C(C)(C)c2ccccc2-3)cc1/C=N/c1c(C)cc(C)cc1C. The van der Waals surface area contributed by atoms with Crippen LogP contribution in [0.4, 0.5) is 5.69 Å². The van der Waals surface area contributed by atoms with Gasteiger partial charge in [-0.2, -0.15) is 0 Å². The number of nitrogens with zero attached hydrogens (tertiary/aromatic N) is 1. The normalized spacial score (nSPS) is 13.7. The molecular weight excluding hydrogens is 413 g/mol. The third-order valence-electron chi connectivity index (χ3n) is 7.11. The first-order valence-electron chi connectivity index (χ1n) is 11.8. The molecule has 0 atom stereocenters. The Hall–Kier alpha value is -3.59. The highest BCUT2D eigenvalue weighted by Crippen LogP contribution is 2.49. The van der Waals surface area contributed by atoms with Crippen molar-refractivity contribution in [3.63, 3.8) is 0 Å². The molecule has 34 heavy (non-hydrogen) atoms. The lowest BCUT2D eigenvalue weighted by atomic mass is 9.81. The summed E-state index contributed by atoms with van der Waals surface area (Å²) in [5, 5.41) is 0. The van der Waals surface area contributed by atoms with E-state index >= 15 is 0 Å². The zero-order valence-electron chi connectivity index (χ0n) is 20.9. The van der Waals surface area contributed by atoms with E-state index in [0.717, 1.165) is 22.6 Å². The molecule has 0 radical (unpaired) electrons. The highest BCUT2D eigenvalue weighted by molar-refractivity contribution is 6.01. The van der Waals surface area contributed by atoms with Gasteiger partial charge in [-0.15, -0.1) is 0 Å². The number of aryl methyl sites for hydroxylation is 3. The van der Waals surface area contributed by atoms with Crippen molar-refractivity contribution < 1.29 is 4.65 Å². The van der Waals surface area contributed by atoms with Crippen molar-refractivity contribution in [3.05, 3.63) is 106 Å². The fourth-order valence-corrected chi connectivity index (χ4v) is 5.41. The van der Waals surface area contributed by atoms with Crippen molar-refractivity contribution in [1.82, 2.24) is 0 Å². The number of hydrogen-bond acceptors (Lipinski definition) is 2. The third-order valence-corrected chi connectivity index (χ3v) is 7.11. The molecule has 0 fully saturated rings. The van der Waals surface area contributed by atoms with Crippen LogP contribution in [0.15, 0.2) is 77.8 Å². The lowest BCUT2D eigenvalue weighted by molar-refractivity contribution is 0.615. The Bertz CT molecular complexity index is 1430. The summed E-state index contributed by atoms with van der Waals surface area (Å²) in [5.74, 6) is 0.823. The Labute approximate surface area is 203 Å². The number of benzene rings is 4. The molecule has 5 rings (SSSR count). The van der Waals surface area contributed by atoms with Crippen LogP contribution in [0.2, 0.25) is 0 Å². The summed E-state index contributed by atoms with van der Waals surface area (Å²) in [4.78, 5) is 4.86. The van der Waals surface area contributed by atoms with E-state index in [-0.39, 0.29) is 5.41 Å². The topological polar surface area (TPSA) is 21.6 Å². The van der Waals surface area contributed by atoms with Gasteiger partial charge >= 0.3 is 8.05 Å². The molecule has 0 saturated heterocycles. The van der Waals surface area contributed by atoms with Crippen LogP contribution in [-0.4, -0.2) is 14.3 Å². The Kier molecular flexibility index (Phi) is 5.44. The Morgan fingerprint density at radius 3 is 2.15 bits per heavy atom. The van der Waals surface area contributed by atoms with E-state index in [0.29, 0.717) is 0 Å². The number of aliphatic imine (C=N–C) groups is 1. The molecule has 4 aromatic carbocycles. The van der Waals surface area contributed by atoms with Crippen molar-refractivity contribution in [1.29, 1.82) is 0 Å². The van der Waals surface area contributed by atoms with Crippen molar-refractivity contribution >= 4 is 20.0 Å². The van der Waals surface area contributed by atoms with E-state index in [2.05, 4.69) is 101 Å². The van der Waals surface area contributed by atoms with Crippen molar-refractivity contribution in [2.75, 3.05) is 0 Å². The number of fused-ring (bicyclic) bond motifs is 3. The van der Waals surface area contributed by atoms with Gasteiger partial charge in [0.2, 0.25) is 0 Å². The monoisotopic (exact) mass is 443 g/mol. The van der Waals surface area contributed by atoms with Gasteiger partial charge in [0.25, 0.3) is 0 Å². The molecule has 0 N–H and O–H groups in total. The molecule has 0 amide bonds. The zero-order valence-corrected chi connectivity index (χ0v) is 20.9. The quantitative estimate of drug-likeness (QED) is 0.240. The van der Waals surface area contributed by atoms with Crippen LogP contribution < -0.4 is 4.65 Å². The van der Waals surface area contributed by atoms with Crippen LogP contribution in [0.3, 0.4) is 0 Å². The molecule has 0 heterocycles. The van der Waals surface area contributed by atoms with Gasteiger partial charge in [0.1, 0.15) is 5.75 Å². The molecule has 0 unspecified atom stereocenters. The van der Waals surface area contributed by atoms with Gasteiger partial charge in [0.05, 0.1) is 5.69 Å². The predicted molar refractivity (Wildman–Crippen MR) is 147 cm³/mol. The average molecular weight is 443 g/mol. The van der Waals surface area contributed by atoms with Crippen LogP contribution in [0.25, 0.3) is 22.3 Å². The van der Waals surface area contributed by atoms with Gasteiger partial charge in [-0.05, 0) is 83.5 Å². The molecule has 1 aliphatic carbocycles. The van der Waals surface area contributed by atoms with Crippen molar-refractivity contribution in [3.8, 4) is 28.0 Å². The van der Waals surface area contributed by atoms with Crippen molar-refractivity contribution in [2.45, 2.75) is 40.0 Å². The van der Waals surface area contributed by atoms with Gasteiger partial charge in [-0.3, -0.25) is 4.99 Å². The van der Waals surface area contributed by atoms with Crippen molar-refractivity contribution in [2.24, 2.45) is 4.99 Å². The zero-order chi connectivity index (χ0) is 24.0. The van der Waals surface area contributed by atoms with Crippen LogP contribution in [-0.2, 0) is 5.41 Å². The highest BCUT2D eigenvalue weighted by atomic mass is 16.4. The fourth-order valence-electron chi connectivity index (χ4n) is 5.41. The van der Waals surface area contributed by atoms with Gasteiger partial charge < -0.3 is 4.65 Å². The summed E-state index contributed by atoms with van der Waals surface area (Å²) in [6.45, 7) is 11.0. The van der Waals surface area contributed by atoms with E-state index in [9.17, 15) is 0 Å². The van der Waals surface area contributed by atoms with Gasteiger partial charge in [0.15, 0.2) is 0 Å². The van der Waals surface area contributed by atoms with E-state index in [4.69, 9.17) is 9.65 Å². The number of hydrogen-bond donors (Lipinski definition) is 0. The first-order valence-corrected chi connectivity index (χ1v) is 11.8. The second-order valence-electron chi connectivity index (χ2n) is 9.89. The summed E-state index contributed by atoms with van der Waals surface area (Å²) in [7, 11) is 1.71. The number of rotatable bonds is 4. The van der Waals surface area contributed by atoms with Gasteiger partial charge in [0, 0.05) is 17.2 Å². The second kappa shape index (κ2) is 8.32. The molecule has 4 aromatic rings. The predicted octanol–water partition coefficient (Wildman–Crippen LogP) is 7.26. The molecule has 0 saturated carbocycles. The van der Waals surface area contributed by atoms with Crippen LogP contribution >= 0.6 is 0 Å². The smallest absolute Gasteiger partial charge is 0.322 e. The molecule has 168 valence electrons. The largest absolute Gasteiger partial charge is 0.567 e. The first-order chi connectivity index (χ1) is 16.3. The molecule has 2 nitrogen and oxygen atoms in total. The fraction of sp³-hybridized carbons (Fsp3) is 0.194. The molecule has 3 heteroatoms. The Morgan fingerprint density at radius 1 is 0.765 bits per heavy atom. The highest BCUT2D eigenvalue weighted by Gasteiger charge is 2.35. The lowest BCUT2D eigenvalue weighted by Crippen LogP contribution is -2.14. The lowest BCUT2D eigenvalue weighted by Gasteiger charge is -2.22. The average Bonchev–Trinajstić information content (AvgIpc) is 3.05. The maximum absolute atomic E-state index is 5.66. The van der Waals surface area contributed by atoms with Gasteiger partial charge in [-0.1, -0.05) is 74.0 Å². The van der Waals surface area contributed by atoms with E-state index in [1.54, 1.807) is 8.05 Å². The van der Waals surface area contributed by atoms with Gasteiger partial charge in [-0.25, -0.2) is 0 Å². The summed E-state index contributed by atoms with van der Waals surface area (Å²) in [6.07, 6.45) is 1.93. The summed E-state index contributed by atoms with van der Waals surface area (Å²) < 4.78 is 5.66. The van der Waals surface area contributed by atoms with Crippen LogP contribution in [0, 0.1) is 20.8 Å². The Morgan fingerprint density at radius 2 is 1.41 bits per heavy atom. The molecular formula is C31H30BNO. The molecule has 0 spiro atoms. The van der Waals surface area contributed by atoms with E-state index in [1.165, 1.54) is 44.5 Å². The van der Waals surface area contributed by atoms with E-state index in [1.807, 2.05) is 12.3 Å². The molecule has 0 aromatic heterocycles. The van der Waals surface area contributed by atoms with Crippen LogP contribution in [0.1, 0.15) is 47.2 Å². The maximum atomic E-state index is 5.66.